The molecular formula is C19H34O4. The Kier molecular flexibility index (Phi) is 10.2. The predicted molar refractivity (Wildman–Crippen MR) is 92.2 cm³/mol. The Bertz CT molecular complexity index is 353. The first-order valence-electron chi connectivity index (χ1n) is 9.30. The Balaban J connectivity index is 2.31. The molecule has 1 unspecified atom stereocenters. The van der Waals surface area contributed by atoms with Crippen LogP contribution < -0.4 is 0 Å². The van der Waals surface area contributed by atoms with Crippen molar-refractivity contribution >= 4 is 5.97 Å². The second-order valence-electron chi connectivity index (χ2n) is 6.91. The molecule has 0 radical (unpaired) electrons. The molecule has 1 rings (SSSR count). The molecule has 1 fully saturated rings. The Labute approximate surface area is 140 Å². The van der Waals surface area contributed by atoms with Gasteiger partial charge >= 0.3 is 5.97 Å². The summed E-state index contributed by atoms with van der Waals surface area (Å²) in [5, 5.41) is 28.8. The minimum absolute atomic E-state index is 0.237. The number of allylic oxidation sites excluding steroid dienone is 1. The zero-order valence-electron chi connectivity index (χ0n) is 14.5. The second-order valence-corrected chi connectivity index (χ2v) is 6.91. The van der Waals surface area contributed by atoms with E-state index in [2.05, 4.69) is 13.0 Å². The first-order valence-corrected chi connectivity index (χ1v) is 9.30. The van der Waals surface area contributed by atoms with Gasteiger partial charge in [-0.1, -0.05) is 51.2 Å². The van der Waals surface area contributed by atoms with E-state index in [1.807, 2.05) is 6.08 Å². The van der Waals surface area contributed by atoms with Crippen molar-refractivity contribution in [3.63, 3.8) is 0 Å². The number of carbonyl (C=O) groups is 1. The number of unbranched alkanes of at least 4 members (excludes halogenated alkanes) is 4. The SMILES string of the molecule is CCCCCC(O)C=C[C@H]1CC[C@H](O)[C@@H]1CCCCCC(=O)O. The van der Waals surface area contributed by atoms with Crippen molar-refractivity contribution in [2.45, 2.75) is 89.8 Å². The third-order valence-corrected chi connectivity index (χ3v) is 4.95. The Hall–Kier alpha value is -0.870. The van der Waals surface area contributed by atoms with Crippen molar-refractivity contribution in [3.8, 4) is 0 Å². The molecule has 0 bridgehead atoms. The molecule has 0 amide bonds. The summed E-state index contributed by atoms with van der Waals surface area (Å²) in [4.78, 5) is 10.5. The van der Waals surface area contributed by atoms with E-state index in [0.717, 1.165) is 64.2 Å². The van der Waals surface area contributed by atoms with Crippen molar-refractivity contribution in [3.05, 3.63) is 12.2 Å². The minimum Gasteiger partial charge on any atom is -0.481 e. The van der Waals surface area contributed by atoms with Gasteiger partial charge < -0.3 is 15.3 Å². The molecule has 4 atom stereocenters. The van der Waals surface area contributed by atoms with Crippen molar-refractivity contribution in [1.29, 1.82) is 0 Å². The number of hydrogen-bond acceptors (Lipinski definition) is 3. The van der Waals surface area contributed by atoms with Crippen LogP contribution in [-0.2, 0) is 4.79 Å². The highest BCUT2D eigenvalue weighted by Gasteiger charge is 2.32. The largest absolute Gasteiger partial charge is 0.481 e. The zero-order valence-corrected chi connectivity index (χ0v) is 14.5. The van der Waals surface area contributed by atoms with Gasteiger partial charge in [-0.3, -0.25) is 4.79 Å². The lowest BCUT2D eigenvalue weighted by Gasteiger charge is -2.20. The van der Waals surface area contributed by atoms with Gasteiger partial charge in [0.2, 0.25) is 0 Å². The molecule has 1 aliphatic rings. The van der Waals surface area contributed by atoms with Crippen LogP contribution in [0.25, 0.3) is 0 Å². The molecular weight excluding hydrogens is 292 g/mol. The number of aliphatic hydroxyl groups excluding tert-OH is 2. The maximum Gasteiger partial charge on any atom is 0.303 e. The number of rotatable bonds is 12. The molecule has 0 aromatic heterocycles. The summed E-state index contributed by atoms with van der Waals surface area (Å²) in [5.74, 6) is -0.118. The van der Waals surface area contributed by atoms with Crippen molar-refractivity contribution in [2.24, 2.45) is 11.8 Å². The minimum atomic E-state index is -0.733. The maximum atomic E-state index is 10.5. The normalized spacial score (nSPS) is 26.0. The fourth-order valence-corrected chi connectivity index (χ4v) is 3.53. The predicted octanol–water partition coefficient (Wildman–Crippen LogP) is 3.91. The highest BCUT2D eigenvalue weighted by Crippen LogP contribution is 2.36. The number of aliphatic carboxylic acids is 1. The van der Waals surface area contributed by atoms with E-state index >= 15 is 0 Å². The fraction of sp³-hybridized carbons (Fsp3) is 0.842. The summed E-state index contributed by atoms with van der Waals surface area (Å²) >= 11 is 0. The molecule has 1 saturated carbocycles. The number of carboxylic acid groups (broad SMARTS) is 1. The van der Waals surface area contributed by atoms with Gasteiger partial charge in [0.15, 0.2) is 0 Å². The van der Waals surface area contributed by atoms with Crippen LogP contribution in [0.5, 0.6) is 0 Å². The Morgan fingerprint density at radius 2 is 1.96 bits per heavy atom. The van der Waals surface area contributed by atoms with Crippen LogP contribution in [0.4, 0.5) is 0 Å². The first kappa shape index (κ1) is 20.2. The van der Waals surface area contributed by atoms with E-state index in [1.54, 1.807) is 0 Å². The number of aliphatic hydroxyl groups is 2. The fourth-order valence-electron chi connectivity index (χ4n) is 3.53. The second kappa shape index (κ2) is 11.6. The third kappa shape index (κ3) is 8.52. The molecule has 0 aromatic carbocycles. The lowest BCUT2D eigenvalue weighted by atomic mass is 9.88. The van der Waals surface area contributed by atoms with E-state index in [4.69, 9.17) is 5.11 Å². The molecule has 0 saturated heterocycles. The Morgan fingerprint density at radius 3 is 2.65 bits per heavy atom. The monoisotopic (exact) mass is 326 g/mol. The topological polar surface area (TPSA) is 77.8 Å². The molecule has 1 aliphatic carbocycles. The lowest BCUT2D eigenvalue weighted by Crippen LogP contribution is -2.18. The van der Waals surface area contributed by atoms with E-state index in [-0.39, 0.29) is 24.5 Å². The van der Waals surface area contributed by atoms with E-state index < -0.39 is 5.97 Å². The summed E-state index contributed by atoms with van der Waals surface area (Å²) in [6, 6.07) is 0. The third-order valence-electron chi connectivity index (χ3n) is 4.95. The highest BCUT2D eigenvalue weighted by molar-refractivity contribution is 5.66. The molecule has 23 heavy (non-hydrogen) atoms. The molecule has 4 heteroatoms. The maximum absolute atomic E-state index is 10.5. The molecule has 0 aromatic rings. The van der Waals surface area contributed by atoms with E-state index in [0.29, 0.717) is 5.92 Å². The molecule has 0 heterocycles. The average molecular weight is 326 g/mol. The van der Waals surface area contributed by atoms with Gasteiger partial charge in [0.05, 0.1) is 12.2 Å². The standard InChI is InChI=1S/C19H34O4/c1-2-3-5-8-16(20)13-11-15-12-14-18(21)17(15)9-6-4-7-10-19(22)23/h11,13,15-18,20-21H,2-10,12,14H2,1H3,(H,22,23)/t15-,16?,17+,18-/m0/s1. The summed E-state index contributed by atoms with van der Waals surface area (Å²) < 4.78 is 0. The van der Waals surface area contributed by atoms with Crippen LogP contribution in [0.2, 0.25) is 0 Å². The van der Waals surface area contributed by atoms with Gasteiger partial charge in [0, 0.05) is 6.42 Å². The molecule has 134 valence electrons. The van der Waals surface area contributed by atoms with Crippen molar-refractivity contribution in [1.82, 2.24) is 0 Å². The van der Waals surface area contributed by atoms with E-state index in [1.165, 1.54) is 0 Å². The first-order chi connectivity index (χ1) is 11.0. The highest BCUT2D eigenvalue weighted by atomic mass is 16.4. The quantitative estimate of drug-likeness (QED) is 0.375. The van der Waals surface area contributed by atoms with Gasteiger partial charge in [-0.25, -0.2) is 0 Å². The molecule has 0 spiro atoms. The molecule has 4 nitrogen and oxygen atoms in total. The van der Waals surface area contributed by atoms with Crippen LogP contribution in [0.15, 0.2) is 12.2 Å². The lowest BCUT2D eigenvalue weighted by molar-refractivity contribution is -0.137. The summed E-state index contributed by atoms with van der Waals surface area (Å²) in [6.07, 6.45) is 13.2. The van der Waals surface area contributed by atoms with Crippen molar-refractivity contribution in [2.75, 3.05) is 0 Å². The van der Waals surface area contributed by atoms with Crippen LogP contribution in [-0.4, -0.2) is 33.5 Å². The van der Waals surface area contributed by atoms with Gasteiger partial charge in [-0.15, -0.1) is 0 Å². The summed E-state index contributed by atoms with van der Waals surface area (Å²) in [5.41, 5.74) is 0. The van der Waals surface area contributed by atoms with Gasteiger partial charge in [-0.05, 0) is 43.9 Å². The van der Waals surface area contributed by atoms with Crippen LogP contribution in [0.1, 0.15) is 77.6 Å². The van der Waals surface area contributed by atoms with Gasteiger partial charge in [0.25, 0.3) is 0 Å². The summed E-state index contributed by atoms with van der Waals surface area (Å²) in [7, 11) is 0. The van der Waals surface area contributed by atoms with Crippen LogP contribution >= 0.6 is 0 Å². The zero-order chi connectivity index (χ0) is 17.1. The van der Waals surface area contributed by atoms with E-state index in [9.17, 15) is 15.0 Å². The smallest absolute Gasteiger partial charge is 0.303 e. The van der Waals surface area contributed by atoms with Crippen LogP contribution in [0, 0.1) is 11.8 Å². The van der Waals surface area contributed by atoms with Gasteiger partial charge in [0.1, 0.15) is 0 Å². The average Bonchev–Trinajstić information content (AvgIpc) is 2.85. The van der Waals surface area contributed by atoms with Crippen LogP contribution in [0.3, 0.4) is 0 Å². The number of hydrogen-bond donors (Lipinski definition) is 3. The summed E-state index contributed by atoms with van der Waals surface area (Å²) in [6.45, 7) is 2.16. The Morgan fingerprint density at radius 1 is 1.17 bits per heavy atom. The molecule has 0 aliphatic heterocycles. The van der Waals surface area contributed by atoms with Crippen molar-refractivity contribution < 1.29 is 20.1 Å². The number of carboxylic acids is 1. The molecule has 3 N–H and O–H groups in total. The van der Waals surface area contributed by atoms with Gasteiger partial charge in [-0.2, -0.15) is 0 Å².